The highest BCUT2D eigenvalue weighted by atomic mass is 16.3. The van der Waals surface area contributed by atoms with E-state index >= 15 is 0 Å². The Labute approximate surface area is 226 Å². The first-order valence-corrected chi connectivity index (χ1v) is 13.1. The van der Waals surface area contributed by atoms with Gasteiger partial charge < -0.3 is 15.0 Å². The molecule has 0 unspecified atom stereocenters. The Kier molecular flexibility index (Phi) is 5.87. The van der Waals surface area contributed by atoms with Crippen LogP contribution >= 0.6 is 0 Å². The molecule has 0 spiro atoms. The molecule has 0 saturated heterocycles. The van der Waals surface area contributed by atoms with E-state index in [2.05, 4.69) is 38.7 Å². The number of hydrogen-bond acceptors (Lipinski definition) is 7. The van der Waals surface area contributed by atoms with E-state index in [1.807, 2.05) is 12.1 Å². The van der Waals surface area contributed by atoms with Crippen molar-refractivity contribution in [3.05, 3.63) is 71.2 Å². The molecule has 0 bridgehead atoms. The Balaban J connectivity index is 1.36. The lowest BCUT2D eigenvalue weighted by Crippen LogP contribution is -2.41. The number of carbonyl (C=O) groups excluding carboxylic acids is 2. The van der Waals surface area contributed by atoms with E-state index in [0.29, 0.717) is 58.8 Å². The molecule has 1 aliphatic carbocycles. The number of aliphatic hydroxyl groups is 1. The molecule has 10 nitrogen and oxygen atoms in total. The predicted octanol–water partition coefficient (Wildman–Crippen LogP) is 4.13. The van der Waals surface area contributed by atoms with E-state index in [4.69, 9.17) is 0 Å². The standard InChI is InChI=1S/C29H31N7O3/c1-17-30-8-6-25(32-17)33-26-12-20(15-36(26)18(2)38)21-5-7-31-27(22(21)16-37)35-10-9-34-23(28(35)39)11-19-13-29(3,4)14-24(19)34/h5-8,11-12,15,37H,9-10,13-14,16H2,1-4H3,(H,30,32,33). The summed E-state index contributed by atoms with van der Waals surface area (Å²) in [6, 6.07) is 7.37. The third kappa shape index (κ3) is 4.30. The lowest BCUT2D eigenvalue weighted by atomic mass is 9.90. The van der Waals surface area contributed by atoms with E-state index < -0.39 is 0 Å². The molecule has 6 rings (SSSR count). The monoisotopic (exact) mass is 525 g/mol. The molecule has 0 saturated carbocycles. The topological polar surface area (TPSA) is 118 Å². The predicted molar refractivity (Wildman–Crippen MR) is 147 cm³/mol. The quantitative estimate of drug-likeness (QED) is 0.402. The van der Waals surface area contributed by atoms with Crippen molar-refractivity contribution < 1.29 is 14.7 Å². The molecule has 0 fully saturated rings. The molecule has 4 aromatic heterocycles. The van der Waals surface area contributed by atoms with Crippen molar-refractivity contribution in [1.29, 1.82) is 0 Å². The molecule has 200 valence electrons. The van der Waals surface area contributed by atoms with Crippen LogP contribution in [0, 0.1) is 12.3 Å². The zero-order valence-electron chi connectivity index (χ0n) is 22.5. The van der Waals surface area contributed by atoms with Crippen LogP contribution < -0.4 is 10.2 Å². The number of fused-ring (bicyclic) bond motifs is 3. The Morgan fingerprint density at radius 3 is 2.67 bits per heavy atom. The summed E-state index contributed by atoms with van der Waals surface area (Å²) in [7, 11) is 0. The van der Waals surface area contributed by atoms with Gasteiger partial charge in [0.05, 0.1) is 6.61 Å². The summed E-state index contributed by atoms with van der Waals surface area (Å²) >= 11 is 0. The zero-order chi connectivity index (χ0) is 27.5. The van der Waals surface area contributed by atoms with Gasteiger partial charge in [0.15, 0.2) is 0 Å². The summed E-state index contributed by atoms with van der Waals surface area (Å²) in [5, 5.41) is 13.7. The van der Waals surface area contributed by atoms with Crippen LogP contribution in [0.2, 0.25) is 0 Å². The fourth-order valence-electron chi connectivity index (χ4n) is 5.88. The number of hydrogen-bond donors (Lipinski definition) is 2. The Hall–Kier alpha value is -4.31. The Morgan fingerprint density at radius 1 is 1.13 bits per heavy atom. The van der Waals surface area contributed by atoms with Crippen molar-refractivity contribution in [3.8, 4) is 11.1 Å². The SMILES string of the molecule is CC(=O)n1cc(-c2ccnc(N3CCn4c(cc5c4CC(C)(C)C5)C3=O)c2CO)cc1Nc1ccnc(C)n1. The fraction of sp³-hybridized carbons (Fsp3) is 0.345. The molecule has 0 radical (unpaired) electrons. The second kappa shape index (κ2) is 9.16. The van der Waals surface area contributed by atoms with Crippen LogP contribution in [0.1, 0.15) is 58.7 Å². The van der Waals surface area contributed by atoms with Crippen LogP contribution in [0.5, 0.6) is 0 Å². The number of rotatable bonds is 5. The number of aryl methyl sites for hydroxylation is 1. The van der Waals surface area contributed by atoms with Gasteiger partial charge in [-0.3, -0.25) is 19.1 Å². The Bertz CT molecular complexity index is 1630. The van der Waals surface area contributed by atoms with Gasteiger partial charge in [-0.05, 0) is 60.6 Å². The van der Waals surface area contributed by atoms with Gasteiger partial charge >= 0.3 is 0 Å². The van der Waals surface area contributed by atoms with Crippen LogP contribution in [-0.4, -0.2) is 47.6 Å². The summed E-state index contributed by atoms with van der Waals surface area (Å²) in [4.78, 5) is 40.8. The van der Waals surface area contributed by atoms with E-state index in [1.54, 1.807) is 42.5 Å². The molecule has 1 amide bonds. The molecule has 4 aromatic rings. The zero-order valence-corrected chi connectivity index (χ0v) is 22.5. The van der Waals surface area contributed by atoms with Crippen LogP contribution in [0.3, 0.4) is 0 Å². The molecule has 2 aliphatic rings. The van der Waals surface area contributed by atoms with Crippen LogP contribution in [0.4, 0.5) is 17.5 Å². The van der Waals surface area contributed by atoms with Gasteiger partial charge in [-0.1, -0.05) is 13.8 Å². The van der Waals surface area contributed by atoms with Crippen LogP contribution in [0.15, 0.2) is 42.9 Å². The molecule has 0 atom stereocenters. The lowest BCUT2D eigenvalue weighted by molar-refractivity contribution is 0.0937. The molecule has 39 heavy (non-hydrogen) atoms. The van der Waals surface area contributed by atoms with Crippen molar-refractivity contribution in [1.82, 2.24) is 24.1 Å². The van der Waals surface area contributed by atoms with E-state index in [0.717, 1.165) is 12.8 Å². The average molecular weight is 526 g/mol. The summed E-state index contributed by atoms with van der Waals surface area (Å²) in [5.41, 5.74) is 5.33. The number of nitrogens with zero attached hydrogens (tertiary/aromatic N) is 6. The fourth-order valence-corrected chi connectivity index (χ4v) is 5.88. The first-order chi connectivity index (χ1) is 18.6. The maximum Gasteiger partial charge on any atom is 0.276 e. The van der Waals surface area contributed by atoms with Gasteiger partial charge in [-0.2, -0.15) is 0 Å². The van der Waals surface area contributed by atoms with E-state index in [1.165, 1.54) is 22.7 Å². The largest absolute Gasteiger partial charge is 0.392 e. The number of aromatic nitrogens is 5. The average Bonchev–Trinajstić information content (AvgIpc) is 3.54. The smallest absolute Gasteiger partial charge is 0.276 e. The minimum atomic E-state index is -0.312. The van der Waals surface area contributed by atoms with Gasteiger partial charge in [-0.25, -0.2) is 15.0 Å². The number of amides is 1. The molecular weight excluding hydrogens is 494 g/mol. The molecular formula is C29H31N7O3. The van der Waals surface area contributed by atoms with Gasteiger partial charge in [-0.15, -0.1) is 0 Å². The molecule has 10 heteroatoms. The number of nitrogens with one attached hydrogen (secondary N) is 1. The van der Waals surface area contributed by atoms with Crippen molar-refractivity contribution in [2.24, 2.45) is 5.41 Å². The van der Waals surface area contributed by atoms with Gasteiger partial charge in [0, 0.05) is 55.4 Å². The molecule has 2 N–H and O–H groups in total. The number of carbonyl (C=O) groups is 2. The summed E-state index contributed by atoms with van der Waals surface area (Å²) in [6.45, 7) is 8.61. The number of pyridine rings is 1. The second-order valence-electron chi connectivity index (χ2n) is 11.1. The first kappa shape index (κ1) is 25.0. The third-order valence-electron chi connectivity index (χ3n) is 7.57. The maximum absolute atomic E-state index is 13.7. The van der Waals surface area contributed by atoms with Crippen LogP contribution in [-0.2, 0) is 26.0 Å². The second-order valence-corrected chi connectivity index (χ2v) is 11.1. The minimum absolute atomic E-state index is 0.115. The lowest BCUT2D eigenvalue weighted by Gasteiger charge is -2.30. The minimum Gasteiger partial charge on any atom is -0.392 e. The van der Waals surface area contributed by atoms with Crippen molar-refractivity contribution in [3.63, 3.8) is 0 Å². The van der Waals surface area contributed by atoms with Gasteiger partial charge in [0.1, 0.15) is 29.0 Å². The normalized spacial score (nSPS) is 15.8. The van der Waals surface area contributed by atoms with Crippen LogP contribution in [0.25, 0.3) is 11.1 Å². The van der Waals surface area contributed by atoms with Crippen molar-refractivity contribution in [2.45, 2.75) is 53.7 Å². The highest BCUT2D eigenvalue weighted by Crippen LogP contribution is 2.40. The Morgan fingerprint density at radius 2 is 1.92 bits per heavy atom. The molecule has 5 heterocycles. The summed E-state index contributed by atoms with van der Waals surface area (Å²) < 4.78 is 3.65. The van der Waals surface area contributed by atoms with Crippen molar-refractivity contribution in [2.75, 3.05) is 16.8 Å². The highest BCUT2D eigenvalue weighted by Gasteiger charge is 2.37. The number of anilines is 3. The number of aliphatic hydroxyl groups excluding tert-OH is 1. The maximum atomic E-state index is 13.7. The van der Waals surface area contributed by atoms with Gasteiger partial charge in [0.25, 0.3) is 5.91 Å². The summed E-state index contributed by atoms with van der Waals surface area (Å²) in [6.07, 6.45) is 6.92. The molecule has 1 aliphatic heterocycles. The highest BCUT2D eigenvalue weighted by molar-refractivity contribution is 6.06. The first-order valence-electron chi connectivity index (χ1n) is 13.1. The van der Waals surface area contributed by atoms with Gasteiger partial charge in [0.2, 0.25) is 5.91 Å². The van der Waals surface area contributed by atoms with E-state index in [9.17, 15) is 14.7 Å². The summed E-state index contributed by atoms with van der Waals surface area (Å²) in [5.74, 6) is 1.83. The molecule has 0 aromatic carbocycles. The third-order valence-corrected chi connectivity index (χ3v) is 7.57. The van der Waals surface area contributed by atoms with E-state index in [-0.39, 0.29) is 23.8 Å². The van der Waals surface area contributed by atoms with Crippen molar-refractivity contribution >= 4 is 29.3 Å².